The van der Waals surface area contributed by atoms with Crippen molar-refractivity contribution in [3.05, 3.63) is 47.5 Å². The zero-order valence-electron chi connectivity index (χ0n) is 16.6. The number of amides is 1. The highest BCUT2D eigenvalue weighted by Crippen LogP contribution is 2.27. The van der Waals surface area contributed by atoms with E-state index in [1.165, 1.54) is 14.0 Å². The molecule has 0 aliphatic rings. The summed E-state index contributed by atoms with van der Waals surface area (Å²) in [6.45, 7) is 4.10. The fourth-order valence-electron chi connectivity index (χ4n) is 2.37. The van der Waals surface area contributed by atoms with Gasteiger partial charge >= 0.3 is 5.97 Å². The maximum atomic E-state index is 12.3. The number of carbonyl (C=O) groups excluding carboxylic acids is 2. The lowest BCUT2D eigenvalue weighted by molar-refractivity contribution is -0.153. The topological polar surface area (TPSA) is 83.1 Å². The van der Waals surface area contributed by atoms with Gasteiger partial charge in [-0.3, -0.25) is 9.59 Å². The number of carbonyl (C=O) groups is 2. The van der Waals surface area contributed by atoms with E-state index < -0.39 is 18.0 Å². The third-order valence-corrected chi connectivity index (χ3v) is 4.04. The molecular formula is C21H24ClNO6. The standard InChI is InChI=1S/C21H24ClNO6/c1-4-27-16-6-8-17(9-7-16)28-12-11-20(24)29-14(2)21(25)23-18-13-15(22)5-10-19(18)26-3/h5-10,13-14H,4,11-12H2,1-3H3,(H,23,25)/t14-/m0/s1. The van der Waals surface area contributed by atoms with Crippen LogP contribution in [0, 0.1) is 0 Å². The van der Waals surface area contributed by atoms with Gasteiger partial charge in [0.05, 0.1) is 32.4 Å². The normalized spacial score (nSPS) is 11.3. The Morgan fingerprint density at radius 1 is 1.07 bits per heavy atom. The molecule has 0 bridgehead atoms. The van der Waals surface area contributed by atoms with Crippen molar-refractivity contribution < 1.29 is 28.5 Å². The molecule has 0 radical (unpaired) electrons. The highest BCUT2D eigenvalue weighted by molar-refractivity contribution is 6.31. The van der Waals surface area contributed by atoms with E-state index in [1.807, 2.05) is 6.92 Å². The molecule has 2 rings (SSSR count). The van der Waals surface area contributed by atoms with Crippen molar-refractivity contribution in [2.24, 2.45) is 0 Å². The maximum Gasteiger partial charge on any atom is 0.310 e. The molecule has 1 N–H and O–H groups in total. The molecule has 0 aliphatic carbocycles. The van der Waals surface area contributed by atoms with Gasteiger partial charge in [-0.25, -0.2) is 0 Å². The summed E-state index contributed by atoms with van der Waals surface area (Å²) in [4.78, 5) is 24.2. The van der Waals surface area contributed by atoms with E-state index in [9.17, 15) is 9.59 Å². The van der Waals surface area contributed by atoms with Crippen LogP contribution in [0.15, 0.2) is 42.5 Å². The Morgan fingerprint density at radius 3 is 2.34 bits per heavy atom. The van der Waals surface area contributed by atoms with Crippen molar-refractivity contribution in [2.75, 3.05) is 25.6 Å². The van der Waals surface area contributed by atoms with E-state index in [1.54, 1.807) is 42.5 Å². The summed E-state index contributed by atoms with van der Waals surface area (Å²) in [7, 11) is 1.48. The number of anilines is 1. The SMILES string of the molecule is CCOc1ccc(OCCC(=O)O[C@@H](C)C(=O)Nc2cc(Cl)ccc2OC)cc1. The van der Waals surface area contributed by atoms with E-state index in [-0.39, 0.29) is 13.0 Å². The summed E-state index contributed by atoms with van der Waals surface area (Å²) < 4.78 is 21.2. The minimum Gasteiger partial charge on any atom is -0.495 e. The first-order chi connectivity index (χ1) is 13.9. The highest BCUT2D eigenvalue weighted by Gasteiger charge is 2.19. The zero-order chi connectivity index (χ0) is 21.2. The molecule has 8 heteroatoms. The fraction of sp³-hybridized carbons (Fsp3) is 0.333. The predicted octanol–water partition coefficient (Wildman–Crippen LogP) is 4.09. The minimum absolute atomic E-state index is 0.00528. The summed E-state index contributed by atoms with van der Waals surface area (Å²) in [6, 6.07) is 11.9. The van der Waals surface area contributed by atoms with Crippen molar-refractivity contribution in [1.29, 1.82) is 0 Å². The lowest BCUT2D eigenvalue weighted by atomic mass is 10.2. The number of hydrogen-bond acceptors (Lipinski definition) is 6. The molecule has 0 heterocycles. The molecule has 2 aromatic carbocycles. The second-order valence-corrected chi connectivity index (χ2v) is 6.41. The fourth-order valence-corrected chi connectivity index (χ4v) is 2.54. The highest BCUT2D eigenvalue weighted by atomic mass is 35.5. The Morgan fingerprint density at radius 2 is 1.72 bits per heavy atom. The van der Waals surface area contributed by atoms with E-state index in [2.05, 4.69) is 5.32 Å². The number of esters is 1. The zero-order valence-corrected chi connectivity index (χ0v) is 17.3. The molecule has 156 valence electrons. The van der Waals surface area contributed by atoms with E-state index in [4.69, 9.17) is 30.5 Å². The molecule has 0 unspecified atom stereocenters. The quantitative estimate of drug-likeness (QED) is 0.582. The molecule has 0 saturated heterocycles. The number of rotatable bonds is 10. The van der Waals surface area contributed by atoms with Gasteiger partial charge in [0.2, 0.25) is 0 Å². The molecule has 0 aromatic heterocycles. The van der Waals surface area contributed by atoms with E-state index in [0.717, 1.165) is 5.75 Å². The Kier molecular flexibility index (Phi) is 8.61. The van der Waals surface area contributed by atoms with Crippen LogP contribution in [0.3, 0.4) is 0 Å². The van der Waals surface area contributed by atoms with E-state index in [0.29, 0.717) is 28.8 Å². The Balaban J connectivity index is 1.78. The van der Waals surface area contributed by atoms with Crippen LogP contribution in [0.1, 0.15) is 20.3 Å². The Labute approximate surface area is 174 Å². The van der Waals surface area contributed by atoms with Crippen LogP contribution in [0.5, 0.6) is 17.2 Å². The molecule has 1 amide bonds. The predicted molar refractivity (Wildman–Crippen MR) is 110 cm³/mol. The lowest BCUT2D eigenvalue weighted by Crippen LogP contribution is -2.30. The van der Waals surface area contributed by atoms with Crippen LogP contribution < -0.4 is 19.5 Å². The first-order valence-corrected chi connectivity index (χ1v) is 9.50. The van der Waals surface area contributed by atoms with Crippen LogP contribution in [0.25, 0.3) is 0 Å². The number of methoxy groups -OCH3 is 1. The molecule has 0 saturated carbocycles. The van der Waals surface area contributed by atoms with Crippen LogP contribution in [-0.4, -0.2) is 38.3 Å². The van der Waals surface area contributed by atoms with E-state index >= 15 is 0 Å². The molecule has 7 nitrogen and oxygen atoms in total. The maximum absolute atomic E-state index is 12.3. The van der Waals surface area contributed by atoms with Gasteiger partial charge in [0.25, 0.3) is 5.91 Å². The van der Waals surface area contributed by atoms with Gasteiger partial charge in [-0.2, -0.15) is 0 Å². The molecule has 29 heavy (non-hydrogen) atoms. The molecule has 1 atom stereocenters. The van der Waals surface area contributed by atoms with Crippen molar-refractivity contribution >= 4 is 29.2 Å². The van der Waals surface area contributed by atoms with Crippen molar-refractivity contribution in [3.63, 3.8) is 0 Å². The van der Waals surface area contributed by atoms with Crippen LogP contribution in [-0.2, 0) is 14.3 Å². The molecule has 2 aromatic rings. The van der Waals surface area contributed by atoms with Gasteiger partial charge < -0.3 is 24.3 Å². The number of nitrogens with one attached hydrogen (secondary N) is 1. The third kappa shape index (κ3) is 7.19. The first kappa shape index (κ1) is 22.4. The Hall–Kier alpha value is -2.93. The van der Waals surface area contributed by atoms with Gasteiger partial charge in [-0.05, 0) is 56.3 Å². The second kappa shape index (κ2) is 11.2. The van der Waals surface area contributed by atoms with Crippen LogP contribution in [0.2, 0.25) is 5.02 Å². The van der Waals surface area contributed by atoms with Crippen molar-refractivity contribution in [1.82, 2.24) is 0 Å². The molecule has 0 spiro atoms. The van der Waals surface area contributed by atoms with Crippen LogP contribution in [0.4, 0.5) is 5.69 Å². The van der Waals surface area contributed by atoms with Gasteiger partial charge in [0, 0.05) is 5.02 Å². The number of hydrogen-bond donors (Lipinski definition) is 1. The van der Waals surface area contributed by atoms with Gasteiger partial charge in [-0.15, -0.1) is 0 Å². The molecular weight excluding hydrogens is 398 g/mol. The smallest absolute Gasteiger partial charge is 0.310 e. The second-order valence-electron chi connectivity index (χ2n) is 5.97. The van der Waals surface area contributed by atoms with Gasteiger partial charge in [0.1, 0.15) is 17.2 Å². The first-order valence-electron chi connectivity index (χ1n) is 9.12. The van der Waals surface area contributed by atoms with Crippen LogP contribution >= 0.6 is 11.6 Å². The summed E-state index contributed by atoms with van der Waals surface area (Å²) in [5.41, 5.74) is 0.395. The lowest BCUT2D eigenvalue weighted by Gasteiger charge is -2.15. The molecule has 0 aliphatic heterocycles. The average molecular weight is 422 g/mol. The van der Waals surface area contributed by atoms with Gasteiger partial charge in [-0.1, -0.05) is 11.6 Å². The molecule has 0 fully saturated rings. The summed E-state index contributed by atoms with van der Waals surface area (Å²) in [5, 5.41) is 3.08. The average Bonchev–Trinajstić information content (AvgIpc) is 2.69. The summed E-state index contributed by atoms with van der Waals surface area (Å²) in [6.07, 6.45) is -0.984. The number of benzene rings is 2. The third-order valence-electron chi connectivity index (χ3n) is 3.81. The summed E-state index contributed by atoms with van der Waals surface area (Å²) in [5.74, 6) is 0.767. The number of ether oxygens (including phenoxy) is 4. The monoisotopic (exact) mass is 421 g/mol. The Bertz CT molecular complexity index is 824. The van der Waals surface area contributed by atoms with Crippen molar-refractivity contribution in [3.8, 4) is 17.2 Å². The minimum atomic E-state index is -0.989. The van der Waals surface area contributed by atoms with Crippen molar-refractivity contribution in [2.45, 2.75) is 26.4 Å². The van der Waals surface area contributed by atoms with Gasteiger partial charge in [0.15, 0.2) is 6.10 Å². The summed E-state index contributed by atoms with van der Waals surface area (Å²) >= 11 is 5.94. The number of halogens is 1. The largest absolute Gasteiger partial charge is 0.495 e.